The lowest BCUT2D eigenvalue weighted by Crippen LogP contribution is -2.41. The third-order valence-electron chi connectivity index (χ3n) is 4.41. The third-order valence-corrected chi connectivity index (χ3v) is 6.18. The van der Waals surface area contributed by atoms with Crippen molar-refractivity contribution in [2.45, 2.75) is 38.4 Å². The molecule has 1 aromatic heterocycles. The first-order valence-corrected chi connectivity index (χ1v) is 9.01. The number of hydrogen-bond acceptors (Lipinski definition) is 4. The maximum Gasteiger partial charge on any atom is 0.0594 e. The highest BCUT2D eigenvalue weighted by molar-refractivity contribution is 9.10. The molecule has 0 aromatic carbocycles. The van der Waals surface area contributed by atoms with Crippen LogP contribution in [-0.2, 0) is 0 Å². The van der Waals surface area contributed by atoms with Gasteiger partial charge in [0, 0.05) is 39.9 Å². The largest absolute Gasteiger partial charge is 0.326 e. The Morgan fingerprint density at radius 2 is 2.20 bits per heavy atom. The van der Waals surface area contributed by atoms with E-state index < -0.39 is 0 Å². The minimum Gasteiger partial charge on any atom is -0.326 e. The minimum atomic E-state index is 0.202. The van der Waals surface area contributed by atoms with Crippen molar-refractivity contribution in [1.82, 2.24) is 9.80 Å². The van der Waals surface area contributed by atoms with E-state index in [2.05, 4.69) is 65.1 Å². The zero-order valence-electron chi connectivity index (χ0n) is 12.8. The molecule has 1 aliphatic rings. The molecule has 114 valence electrons. The molecule has 0 bridgehead atoms. The summed E-state index contributed by atoms with van der Waals surface area (Å²) in [7, 11) is 4.36. The monoisotopic (exact) mass is 359 g/mol. The van der Waals surface area contributed by atoms with Gasteiger partial charge in [0.05, 0.1) is 6.04 Å². The van der Waals surface area contributed by atoms with E-state index in [9.17, 15) is 0 Å². The Labute approximate surface area is 135 Å². The number of halogens is 1. The van der Waals surface area contributed by atoms with Crippen molar-refractivity contribution >= 4 is 27.3 Å². The molecule has 2 N–H and O–H groups in total. The zero-order chi connectivity index (χ0) is 14.9. The number of likely N-dealkylation sites (N-methyl/N-ethyl adjacent to an activating group) is 1. The fraction of sp³-hybridized carbons (Fsp3) is 0.733. The van der Waals surface area contributed by atoms with Crippen LogP contribution in [0.4, 0.5) is 0 Å². The Morgan fingerprint density at radius 3 is 2.65 bits per heavy atom. The first-order chi connectivity index (χ1) is 9.43. The van der Waals surface area contributed by atoms with E-state index in [-0.39, 0.29) is 6.04 Å². The summed E-state index contributed by atoms with van der Waals surface area (Å²) in [6.45, 7) is 6.78. The Kier molecular flexibility index (Phi) is 5.65. The van der Waals surface area contributed by atoms with Crippen molar-refractivity contribution in [2.75, 3.05) is 27.2 Å². The van der Waals surface area contributed by atoms with Crippen molar-refractivity contribution in [3.63, 3.8) is 0 Å². The summed E-state index contributed by atoms with van der Waals surface area (Å²) in [6.07, 6.45) is 1.01. The first-order valence-electron chi connectivity index (χ1n) is 7.34. The number of nitrogens with zero attached hydrogens (tertiary/aromatic N) is 2. The minimum absolute atomic E-state index is 0.202. The van der Waals surface area contributed by atoms with Gasteiger partial charge in [0.2, 0.25) is 0 Å². The summed E-state index contributed by atoms with van der Waals surface area (Å²) in [5.41, 5.74) is 6.44. The molecule has 20 heavy (non-hydrogen) atoms. The fourth-order valence-electron chi connectivity index (χ4n) is 3.25. The quantitative estimate of drug-likeness (QED) is 0.876. The van der Waals surface area contributed by atoms with Crippen LogP contribution in [0.5, 0.6) is 0 Å². The lowest BCUT2D eigenvalue weighted by Gasteiger charge is -2.32. The van der Waals surface area contributed by atoms with Gasteiger partial charge in [0.25, 0.3) is 0 Å². The molecule has 1 fully saturated rings. The molecule has 0 aliphatic carbocycles. The standard InChI is InChI=1S/C15H26BrN3S/c1-5-12(17)15(14-6-11(16)9-20-14)19-7-10(2)13(8-19)18(3)4/h6,9-10,12-13,15H,5,7-8,17H2,1-4H3. The van der Waals surface area contributed by atoms with Crippen LogP contribution in [0.1, 0.15) is 31.2 Å². The molecule has 0 radical (unpaired) electrons. The maximum atomic E-state index is 6.44. The molecule has 4 atom stereocenters. The summed E-state index contributed by atoms with van der Waals surface area (Å²) >= 11 is 5.39. The third kappa shape index (κ3) is 3.45. The molecule has 2 rings (SSSR count). The molecule has 0 spiro atoms. The van der Waals surface area contributed by atoms with Gasteiger partial charge < -0.3 is 10.6 Å². The van der Waals surface area contributed by atoms with Crippen molar-refractivity contribution in [3.05, 3.63) is 20.8 Å². The Balaban J connectivity index is 2.20. The molecule has 1 aliphatic heterocycles. The van der Waals surface area contributed by atoms with E-state index in [1.807, 2.05) is 11.3 Å². The molecule has 4 unspecified atom stereocenters. The number of thiophene rings is 1. The zero-order valence-corrected chi connectivity index (χ0v) is 15.2. The van der Waals surface area contributed by atoms with Crippen LogP contribution in [0.25, 0.3) is 0 Å². The first kappa shape index (κ1) is 16.4. The lowest BCUT2D eigenvalue weighted by molar-refractivity contribution is 0.192. The Morgan fingerprint density at radius 1 is 1.50 bits per heavy atom. The van der Waals surface area contributed by atoms with E-state index >= 15 is 0 Å². The molecule has 1 saturated heterocycles. The predicted molar refractivity (Wildman–Crippen MR) is 91.2 cm³/mol. The van der Waals surface area contributed by atoms with Gasteiger partial charge in [-0.25, -0.2) is 0 Å². The highest BCUT2D eigenvalue weighted by Gasteiger charge is 2.37. The molecule has 2 heterocycles. The highest BCUT2D eigenvalue weighted by atomic mass is 79.9. The smallest absolute Gasteiger partial charge is 0.0594 e. The van der Waals surface area contributed by atoms with E-state index in [4.69, 9.17) is 5.73 Å². The van der Waals surface area contributed by atoms with E-state index in [0.29, 0.717) is 18.0 Å². The average molecular weight is 360 g/mol. The molecule has 1 aromatic rings. The number of nitrogens with two attached hydrogens (primary N) is 1. The molecule has 3 nitrogen and oxygen atoms in total. The summed E-state index contributed by atoms with van der Waals surface area (Å²) in [5, 5.41) is 2.16. The maximum absolute atomic E-state index is 6.44. The molecular formula is C15H26BrN3S. The Bertz CT molecular complexity index is 435. The van der Waals surface area contributed by atoms with Gasteiger partial charge in [-0.3, -0.25) is 4.90 Å². The number of rotatable bonds is 5. The topological polar surface area (TPSA) is 32.5 Å². The molecule has 5 heteroatoms. The summed E-state index contributed by atoms with van der Waals surface area (Å²) in [6, 6.07) is 3.42. The van der Waals surface area contributed by atoms with Gasteiger partial charge in [-0.1, -0.05) is 13.8 Å². The summed E-state index contributed by atoms with van der Waals surface area (Å²) in [5.74, 6) is 0.694. The van der Waals surface area contributed by atoms with Gasteiger partial charge in [-0.15, -0.1) is 11.3 Å². The normalized spacial score (nSPS) is 27.1. The van der Waals surface area contributed by atoms with Gasteiger partial charge in [0.15, 0.2) is 0 Å². The van der Waals surface area contributed by atoms with Gasteiger partial charge in [-0.2, -0.15) is 0 Å². The molecule has 0 amide bonds. The van der Waals surface area contributed by atoms with Crippen LogP contribution < -0.4 is 5.73 Å². The second kappa shape index (κ2) is 6.88. The van der Waals surface area contributed by atoms with Crippen LogP contribution in [0, 0.1) is 5.92 Å². The van der Waals surface area contributed by atoms with Crippen LogP contribution in [-0.4, -0.2) is 49.1 Å². The number of hydrogen-bond donors (Lipinski definition) is 1. The molecule has 0 saturated carbocycles. The van der Waals surface area contributed by atoms with Crippen LogP contribution in [0.3, 0.4) is 0 Å². The van der Waals surface area contributed by atoms with Crippen molar-refractivity contribution in [3.8, 4) is 0 Å². The van der Waals surface area contributed by atoms with Crippen LogP contribution >= 0.6 is 27.3 Å². The van der Waals surface area contributed by atoms with Gasteiger partial charge >= 0.3 is 0 Å². The predicted octanol–water partition coefficient (Wildman–Crippen LogP) is 3.17. The second-order valence-electron chi connectivity index (χ2n) is 6.15. The highest BCUT2D eigenvalue weighted by Crippen LogP contribution is 2.36. The lowest BCUT2D eigenvalue weighted by atomic mass is 10.0. The van der Waals surface area contributed by atoms with Crippen LogP contribution in [0.15, 0.2) is 15.9 Å². The van der Waals surface area contributed by atoms with E-state index in [1.165, 1.54) is 9.35 Å². The van der Waals surface area contributed by atoms with Crippen molar-refractivity contribution < 1.29 is 0 Å². The van der Waals surface area contributed by atoms with Crippen molar-refractivity contribution in [2.24, 2.45) is 11.7 Å². The SMILES string of the molecule is CCC(N)C(c1cc(Br)cs1)N1CC(C)C(N(C)C)C1. The average Bonchev–Trinajstić information content (AvgIpc) is 2.96. The fourth-order valence-corrected chi connectivity index (χ4v) is 4.91. The van der Waals surface area contributed by atoms with Gasteiger partial charge in [0.1, 0.15) is 0 Å². The van der Waals surface area contributed by atoms with Gasteiger partial charge in [-0.05, 0) is 48.4 Å². The van der Waals surface area contributed by atoms with Crippen LogP contribution in [0.2, 0.25) is 0 Å². The summed E-state index contributed by atoms with van der Waals surface area (Å²) < 4.78 is 1.17. The van der Waals surface area contributed by atoms with E-state index in [0.717, 1.165) is 19.5 Å². The summed E-state index contributed by atoms with van der Waals surface area (Å²) in [4.78, 5) is 6.32. The second-order valence-corrected chi connectivity index (χ2v) is 8.00. The van der Waals surface area contributed by atoms with Crippen molar-refractivity contribution in [1.29, 1.82) is 0 Å². The Hall–Kier alpha value is 0.0600. The van der Waals surface area contributed by atoms with E-state index in [1.54, 1.807) is 0 Å². The molecular weight excluding hydrogens is 334 g/mol. The number of likely N-dealkylation sites (tertiary alicyclic amines) is 1.